The number of nitrogens with zero attached hydrogens (tertiary/aromatic N) is 1. The second-order valence-corrected chi connectivity index (χ2v) is 10.7. The van der Waals surface area contributed by atoms with Gasteiger partial charge < -0.3 is 25.4 Å². The van der Waals surface area contributed by atoms with Crippen LogP contribution >= 0.6 is 11.6 Å². The van der Waals surface area contributed by atoms with Gasteiger partial charge in [-0.25, -0.2) is 9.18 Å². The molecule has 0 aromatic heterocycles. The maximum Gasteiger partial charge on any atom is 0.317 e. The van der Waals surface area contributed by atoms with Crippen molar-refractivity contribution in [3.05, 3.63) is 34.6 Å². The Labute approximate surface area is 214 Å². The largest absolute Gasteiger partial charge is 0.385 e. The molecule has 8 heteroatoms. The number of ether oxygens (including phenoxy) is 1. The smallest absolute Gasteiger partial charge is 0.317 e. The molecule has 3 N–H and O–H groups in total. The van der Waals surface area contributed by atoms with E-state index in [1.54, 1.807) is 19.2 Å². The van der Waals surface area contributed by atoms with Gasteiger partial charge in [-0.15, -0.1) is 0 Å². The first-order valence-corrected chi connectivity index (χ1v) is 13.6. The zero-order chi connectivity index (χ0) is 25.3. The van der Waals surface area contributed by atoms with E-state index in [0.29, 0.717) is 44.0 Å². The average molecular weight is 512 g/mol. The summed E-state index contributed by atoms with van der Waals surface area (Å²) >= 11 is 6.36. The van der Waals surface area contributed by atoms with Gasteiger partial charge in [0.2, 0.25) is 0 Å². The molecule has 1 heterocycles. The predicted molar refractivity (Wildman–Crippen MR) is 138 cm³/mol. The molecule has 6 nitrogen and oxygen atoms in total. The molecule has 0 radical (unpaired) electrons. The number of unbranched alkanes of at least 4 members (excludes halogenated alkanes) is 1. The fourth-order valence-electron chi connectivity index (χ4n) is 5.94. The lowest BCUT2D eigenvalue weighted by Gasteiger charge is -2.43. The van der Waals surface area contributed by atoms with Crippen molar-refractivity contribution in [2.45, 2.75) is 75.9 Å². The molecule has 1 aromatic carbocycles. The van der Waals surface area contributed by atoms with Gasteiger partial charge in [0.15, 0.2) is 0 Å². The van der Waals surface area contributed by atoms with Crippen molar-refractivity contribution in [3.8, 4) is 0 Å². The molecular formula is C27H43ClFN3O3. The minimum atomic E-state index is -1.32. The number of piperidine rings is 1. The third kappa shape index (κ3) is 7.54. The van der Waals surface area contributed by atoms with Crippen LogP contribution in [0, 0.1) is 17.7 Å². The van der Waals surface area contributed by atoms with Crippen LogP contribution in [0.5, 0.6) is 0 Å². The number of carbonyl (C=O) groups is 1. The molecule has 2 aliphatic rings. The standard InChI is InChI=1S/C27H43ClFN3O3/c1-30-18-22(17-20-9-3-4-10-20)31-26(33)32-15-8-11-21(19-32)27(34,14-5-6-16-35-2)23-12-7-13-24(29)25(23)28/h7,12-13,20-22,30,34H,3-6,8-11,14-19H2,1-2H3,(H,31,33)/t21-,22?,27+/m1/s1. The summed E-state index contributed by atoms with van der Waals surface area (Å²) < 4.78 is 19.5. The molecule has 1 saturated carbocycles. The number of methoxy groups -OCH3 is 1. The summed E-state index contributed by atoms with van der Waals surface area (Å²) in [5.74, 6) is -0.0943. The SMILES string of the molecule is CNCC(CC1CCCC1)NC(=O)N1CCC[C@@H]([C@@](O)(CCCCOC)c2cccc(F)c2Cl)C1. The predicted octanol–water partition coefficient (Wildman–Crippen LogP) is 5.07. The van der Waals surface area contributed by atoms with Crippen molar-refractivity contribution < 1.29 is 19.0 Å². The fourth-order valence-corrected chi connectivity index (χ4v) is 6.23. The lowest BCUT2D eigenvalue weighted by atomic mass is 9.74. The van der Waals surface area contributed by atoms with Crippen molar-refractivity contribution >= 4 is 17.6 Å². The molecule has 1 aliphatic carbocycles. The lowest BCUT2D eigenvalue weighted by Crippen LogP contribution is -2.54. The number of aliphatic hydroxyl groups is 1. The van der Waals surface area contributed by atoms with Crippen LogP contribution in [0.25, 0.3) is 0 Å². The second kappa shape index (κ2) is 13.8. The Bertz CT molecular complexity index is 808. The Morgan fingerprint density at radius 1 is 1.29 bits per heavy atom. The summed E-state index contributed by atoms with van der Waals surface area (Å²) in [6.07, 6.45) is 9.51. The van der Waals surface area contributed by atoms with Crippen LogP contribution in [0.4, 0.5) is 9.18 Å². The van der Waals surface area contributed by atoms with Crippen molar-refractivity contribution in [2.24, 2.45) is 11.8 Å². The highest BCUT2D eigenvalue weighted by molar-refractivity contribution is 6.31. The topological polar surface area (TPSA) is 73.8 Å². The second-order valence-electron chi connectivity index (χ2n) is 10.4. The van der Waals surface area contributed by atoms with Crippen LogP contribution in [-0.2, 0) is 10.3 Å². The highest BCUT2D eigenvalue weighted by Gasteiger charge is 2.43. The third-order valence-corrected chi connectivity index (χ3v) is 8.21. The summed E-state index contributed by atoms with van der Waals surface area (Å²) in [6, 6.07) is 4.62. The number of hydrogen-bond acceptors (Lipinski definition) is 4. The minimum Gasteiger partial charge on any atom is -0.385 e. The number of amides is 2. The highest BCUT2D eigenvalue weighted by atomic mass is 35.5. The van der Waals surface area contributed by atoms with E-state index in [-0.39, 0.29) is 23.0 Å². The molecule has 2 fully saturated rings. The number of benzene rings is 1. The van der Waals surface area contributed by atoms with Gasteiger partial charge in [-0.2, -0.15) is 0 Å². The van der Waals surface area contributed by atoms with E-state index < -0.39 is 11.4 Å². The van der Waals surface area contributed by atoms with Gasteiger partial charge in [-0.3, -0.25) is 0 Å². The number of likely N-dealkylation sites (N-methyl/N-ethyl adjacent to an activating group) is 1. The molecular weight excluding hydrogens is 469 g/mol. The van der Waals surface area contributed by atoms with Gasteiger partial charge in [0.1, 0.15) is 5.82 Å². The normalized spacial score (nSPS) is 21.6. The van der Waals surface area contributed by atoms with Crippen LogP contribution < -0.4 is 10.6 Å². The quantitative estimate of drug-likeness (QED) is 0.342. The number of rotatable bonds is 12. The van der Waals surface area contributed by atoms with E-state index in [0.717, 1.165) is 32.2 Å². The Morgan fingerprint density at radius 2 is 2.06 bits per heavy atom. The van der Waals surface area contributed by atoms with Gasteiger partial charge in [0.05, 0.1) is 10.6 Å². The maximum absolute atomic E-state index is 14.4. The number of carbonyl (C=O) groups excluding carboxylic acids is 1. The molecule has 0 spiro atoms. The van der Waals surface area contributed by atoms with Gasteiger partial charge in [-0.1, -0.05) is 49.4 Å². The summed E-state index contributed by atoms with van der Waals surface area (Å²) in [6.45, 7) is 2.39. The van der Waals surface area contributed by atoms with Crippen LogP contribution in [0.15, 0.2) is 18.2 Å². The van der Waals surface area contributed by atoms with E-state index in [1.165, 1.54) is 31.7 Å². The zero-order valence-corrected chi connectivity index (χ0v) is 22.1. The zero-order valence-electron chi connectivity index (χ0n) is 21.3. The fraction of sp³-hybridized carbons (Fsp3) is 0.741. The first kappa shape index (κ1) is 28.2. The molecule has 1 unspecified atom stereocenters. The molecule has 1 aromatic rings. The Kier molecular flexibility index (Phi) is 11.1. The van der Waals surface area contributed by atoms with Gasteiger partial charge in [-0.05, 0) is 57.6 Å². The van der Waals surface area contributed by atoms with Gasteiger partial charge in [0, 0.05) is 50.9 Å². The van der Waals surface area contributed by atoms with Gasteiger partial charge in [0.25, 0.3) is 0 Å². The van der Waals surface area contributed by atoms with Crippen LogP contribution in [0.2, 0.25) is 5.02 Å². The number of nitrogens with one attached hydrogen (secondary N) is 2. The third-order valence-electron chi connectivity index (χ3n) is 7.83. The van der Waals surface area contributed by atoms with E-state index in [2.05, 4.69) is 10.6 Å². The lowest BCUT2D eigenvalue weighted by molar-refractivity contribution is -0.0565. The maximum atomic E-state index is 14.4. The van der Waals surface area contributed by atoms with Crippen molar-refractivity contribution in [2.75, 3.05) is 40.4 Å². The molecule has 2 amide bonds. The van der Waals surface area contributed by atoms with Crippen molar-refractivity contribution in [3.63, 3.8) is 0 Å². The van der Waals surface area contributed by atoms with Crippen LogP contribution in [0.3, 0.4) is 0 Å². The van der Waals surface area contributed by atoms with E-state index in [9.17, 15) is 14.3 Å². The average Bonchev–Trinajstić information content (AvgIpc) is 3.36. The van der Waals surface area contributed by atoms with Crippen molar-refractivity contribution in [1.29, 1.82) is 0 Å². The van der Waals surface area contributed by atoms with Crippen LogP contribution in [-0.4, -0.2) is 62.5 Å². The number of likely N-dealkylation sites (tertiary alicyclic amines) is 1. The molecule has 35 heavy (non-hydrogen) atoms. The molecule has 1 saturated heterocycles. The number of halogens is 2. The van der Waals surface area contributed by atoms with E-state index in [1.807, 2.05) is 11.9 Å². The Morgan fingerprint density at radius 3 is 2.77 bits per heavy atom. The molecule has 3 atom stereocenters. The summed E-state index contributed by atoms with van der Waals surface area (Å²) in [5.41, 5.74) is -0.904. The number of hydrogen-bond donors (Lipinski definition) is 3. The van der Waals surface area contributed by atoms with E-state index >= 15 is 0 Å². The Hall–Kier alpha value is -1.41. The first-order valence-electron chi connectivity index (χ1n) is 13.2. The van der Waals surface area contributed by atoms with Gasteiger partial charge >= 0.3 is 6.03 Å². The van der Waals surface area contributed by atoms with E-state index in [4.69, 9.17) is 16.3 Å². The number of urea groups is 1. The highest BCUT2D eigenvalue weighted by Crippen LogP contribution is 2.43. The molecule has 0 bridgehead atoms. The first-order chi connectivity index (χ1) is 16.9. The Balaban J connectivity index is 1.73. The monoisotopic (exact) mass is 511 g/mol. The molecule has 1 aliphatic heterocycles. The summed E-state index contributed by atoms with van der Waals surface area (Å²) in [4.78, 5) is 15.1. The summed E-state index contributed by atoms with van der Waals surface area (Å²) in [7, 11) is 3.57. The molecule has 198 valence electrons. The summed E-state index contributed by atoms with van der Waals surface area (Å²) in [5, 5.41) is 18.4. The molecule has 3 rings (SSSR count). The minimum absolute atomic E-state index is 0.0334. The van der Waals surface area contributed by atoms with Crippen LogP contribution in [0.1, 0.15) is 69.8 Å². The van der Waals surface area contributed by atoms with Crippen molar-refractivity contribution in [1.82, 2.24) is 15.5 Å².